The average Bonchev–Trinajstić information content (AvgIpc) is 2.36. The van der Waals surface area contributed by atoms with Crippen LogP contribution in [0, 0.1) is 5.92 Å². The summed E-state index contributed by atoms with van der Waals surface area (Å²) in [4.78, 5) is 22.5. The molecule has 2 atom stereocenters. The summed E-state index contributed by atoms with van der Waals surface area (Å²) in [5, 5.41) is 11.3. The van der Waals surface area contributed by atoms with Crippen molar-refractivity contribution >= 4 is 21.7 Å². The van der Waals surface area contributed by atoms with Crippen LogP contribution in [0.15, 0.2) is 29.2 Å². The summed E-state index contributed by atoms with van der Waals surface area (Å²) in [5.74, 6) is -2.91. The van der Waals surface area contributed by atoms with Crippen LogP contribution >= 0.6 is 0 Å². The van der Waals surface area contributed by atoms with Crippen molar-refractivity contribution in [3.8, 4) is 0 Å². The smallest absolute Gasteiger partial charge is 0.315 e. The topological polar surface area (TPSA) is 101 Å². The van der Waals surface area contributed by atoms with E-state index in [0.29, 0.717) is 5.56 Å². The lowest BCUT2D eigenvalue weighted by atomic mass is 10.1. The molecule has 110 valence electrons. The van der Waals surface area contributed by atoms with Gasteiger partial charge in [-0.2, -0.15) is 0 Å². The molecule has 0 fully saturated rings. The second-order valence-corrected chi connectivity index (χ2v) is 6.65. The highest BCUT2D eigenvalue weighted by Crippen LogP contribution is 2.16. The molecule has 0 saturated heterocycles. The molecule has 7 heteroatoms. The lowest BCUT2D eigenvalue weighted by Gasteiger charge is -2.16. The van der Waals surface area contributed by atoms with Crippen molar-refractivity contribution in [3.05, 3.63) is 29.8 Å². The molecule has 6 nitrogen and oxygen atoms in total. The maximum Gasteiger partial charge on any atom is 0.315 e. The maximum atomic E-state index is 11.6. The van der Waals surface area contributed by atoms with Crippen molar-refractivity contribution in [2.45, 2.75) is 24.8 Å². The molecule has 0 aromatic heterocycles. The van der Waals surface area contributed by atoms with E-state index < -0.39 is 33.7 Å². The minimum absolute atomic E-state index is 0.193. The molecule has 1 aromatic carbocycles. The molecule has 0 saturated carbocycles. The molecule has 0 aliphatic carbocycles. The first-order valence-corrected chi connectivity index (χ1v) is 7.85. The largest absolute Gasteiger partial charge is 0.481 e. The van der Waals surface area contributed by atoms with Crippen molar-refractivity contribution in [3.63, 3.8) is 0 Å². The summed E-state index contributed by atoms with van der Waals surface area (Å²) in [7, 11) is -3.26. The fourth-order valence-electron chi connectivity index (χ4n) is 1.54. The highest BCUT2D eigenvalue weighted by atomic mass is 32.2. The van der Waals surface area contributed by atoms with Gasteiger partial charge in [-0.1, -0.05) is 12.1 Å². The minimum atomic E-state index is -3.26. The van der Waals surface area contributed by atoms with Gasteiger partial charge in [0.1, 0.15) is 5.92 Å². The van der Waals surface area contributed by atoms with Crippen LogP contribution in [-0.2, 0) is 19.4 Å². The number of hydrogen-bond donors (Lipinski definition) is 2. The Morgan fingerprint density at radius 2 is 1.65 bits per heavy atom. The number of amides is 1. The number of carboxylic acid groups (broad SMARTS) is 1. The number of sulfone groups is 1. The summed E-state index contributed by atoms with van der Waals surface area (Å²) in [5.41, 5.74) is 0.698. The fourth-order valence-corrected chi connectivity index (χ4v) is 2.17. The fraction of sp³-hybridized carbons (Fsp3) is 0.385. The Morgan fingerprint density at radius 1 is 1.15 bits per heavy atom. The third-order valence-corrected chi connectivity index (χ3v) is 4.06. The SMILES string of the molecule is CC(C(=O)O)C(=O)NC(C)c1ccc(S(C)(=O)=O)cc1. The second kappa shape index (κ2) is 6.04. The van der Waals surface area contributed by atoms with Gasteiger partial charge in [0, 0.05) is 6.26 Å². The molecule has 1 rings (SSSR count). The summed E-state index contributed by atoms with van der Waals surface area (Å²) < 4.78 is 22.6. The van der Waals surface area contributed by atoms with E-state index in [4.69, 9.17) is 5.11 Å². The van der Waals surface area contributed by atoms with Gasteiger partial charge in [0.15, 0.2) is 9.84 Å². The number of carbonyl (C=O) groups excluding carboxylic acids is 1. The number of aliphatic carboxylic acids is 1. The van der Waals surface area contributed by atoms with E-state index in [1.807, 2.05) is 0 Å². The van der Waals surface area contributed by atoms with Crippen LogP contribution in [0.3, 0.4) is 0 Å². The number of nitrogens with one attached hydrogen (secondary N) is 1. The predicted molar refractivity (Wildman–Crippen MR) is 72.9 cm³/mol. The molecule has 2 N–H and O–H groups in total. The van der Waals surface area contributed by atoms with Gasteiger partial charge in [0.2, 0.25) is 5.91 Å². The zero-order valence-corrected chi connectivity index (χ0v) is 12.3. The number of hydrogen-bond acceptors (Lipinski definition) is 4. The van der Waals surface area contributed by atoms with E-state index in [0.717, 1.165) is 6.26 Å². The van der Waals surface area contributed by atoms with Gasteiger partial charge in [-0.05, 0) is 31.5 Å². The molecule has 2 unspecified atom stereocenters. The molecule has 0 bridgehead atoms. The lowest BCUT2D eigenvalue weighted by Crippen LogP contribution is -2.35. The Hall–Kier alpha value is -1.89. The van der Waals surface area contributed by atoms with Gasteiger partial charge >= 0.3 is 5.97 Å². The molecular weight excluding hydrogens is 282 g/mol. The van der Waals surface area contributed by atoms with E-state index in [2.05, 4.69) is 5.32 Å². The van der Waals surface area contributed by atoms with Gasteiger partial charge < -0.3 is 10.4 Å². The first-order chi connectivity index (χ1) is 9.12. The summed E-state index contributed by atoms with van der Waals surface area (Å²) in [6.07, 6.45) is 1.11. The van der Waals surface area contributed by atoms with Gasteiger partial charge in [-0.15, -0.1) is 0 Å². The van der Waals surface area contributed by atoms with Crippen molar-refractivity contribution in [2.75, 3.05) is 6.26 Å². The zero-order chi connectivity index (χ0) is 15.5. The maximum absolute atomic E-state index is 11.6. The number of carbonyl (C=O) groups is 2. The van der Waals surface area contributed by atoms with Crippen LogP contribution < -0.4 is 5.32 Å². The highest BCUT2D eigenvalue weighted by Gasteiger charge is 2.22. The molecular formula is C13H17NO5S. The molecule has 1 amide bonds. The third kappa shape index (κ3) is 4.06. The van der Waals surface area contributed by atoms with Crippen LogP contribution in [-0.4, -0.2) is 31.7 Å². The number of carboxylic acids is 1. The van der Waals surface area contributed by atoms with Crippen LogP contribution in [0.25, 0.3) is 0 Å². The molecule has 0 aliphatic heterocycles. The summed E-state index contributed by atoms with van der Waals surface area (Å²) >= 11 is 0. The Morgan fingerprint density at radius 3 is 2.05 bits per heavy atom. The van der Waals surface area contributed by atoms with Crippen LogP contribution in [0.2, 0.25) is 0 Å². The van der Waals surface area contributed by atoms with Gasteiger partial charge in [-0.3, -0.25) is 9.59 Å². The third-order valence-electron chi connectivity index (χ3n) is 2.93. The normalized spacial score (nSPS) is 14.3. The van der Waals surface area contributed by atoms with Gasteiger partial charge in [0.25, 0.3) is 0 Å². The van der Waals surface area contributed by atoms with Gasteiger partial charge in [-0.25, -0.2) is 8.42 Å². The molecule has 0 aliphatic rings. The summed E-state index contributed by atoms with van der Waals surface area (Å²) in [6.45, 7) is 3.00. The Balaban J connectivity index is 2.81. The summed E-state index contributed by atoms with van der Waals surface area (Å²) in [6, 6.07) is 5.68. The van der Waals surface area contributed by atoms with E-state index in [-0.39, 0.29) is 4.90 Å². The van der Waals surface area contributed by atoms with E-state index >= 15 is 0 Å². The first-order valence-electron chi connectivity index (χ1n) is 5.96. The van der Waals surface area contributed by atoms with E-state index in [9.17, 15) is 18.0 Å². The van der Waals surface area contributed by atoms with Crippen molar-refractivity contribution < 1.29 is 23.1 Å². The monoisotopic (exact) mass is 299 g/mol. The predicted octanol–water partition coefficient (Wildman–Crippen LogP) is 0.988. The number of benzene rings is 1. The second-order valence-electron chi connectivity index (χ2n) is 4.63. The Kier molecular flexibility index (Phi) is 4.88. The van der Waals surface area contributed by atoms with Crippen LogP contribution in [0.1, 0.15) is 25.5 Å². The first kappa shape index (κ1) is 16.2. The average molecular weight is 299 g/mol. The highest BCUT2D eigenvalue weighted by molar-refractivity contribution is 7.90. The van der Waals surface area contributed by atoms with Crippen LogP contribution in [0.5, 0.6) is 0 Å². The van der Waals surface area contributed by atoms with E-state index in [1.54, 1.807) is 19.1 Å². The van der Waals surface area contributed by atoms with Crippen molar-refractivity contribution in [1.29, 1.82) is 0 Å². The van der Waals surface area contributed by atoms with Crippen molar-refractivity contribution in [1.82, 2.24) is 5.32 Å². The van der Waals surface area contributed by atoms with Crippen LogP contribution in [0.4, 0.5) is 0 Å². The van der Waals surface area contributed by atoms with E-state index in [1.165, 1.54) is 19.1 Å². The minimum Gasteiger partial charge on any atom is -0.481 e. The Bertz CT molecular complexity index is 606. The van der Waals surface area contributed by atoms with Crippen molar-refractivity contribution in [2.24, 2.45) is 5.92 Å². The zero-order valence-electron chi connectivity index (χ0n) is 11.5. The molecule has 0 radical (unpaired) electrons. The molecule has 0 spiro atoms. The number of rotatable bonds is 5. The standard InChI is InChI=1S/C13H17NO5S/c1-8(13(16)17)12(15)14-9(2)10-4-6-11(7-5-10)20(3,18)19/h4-9H,1-3H3,(H,14,15)(H,16,17). The quantitative estimate of drug-likeness (QED) is 0.790. The molecule has 1 aromatic rings. The van der Waals surface area contributed by atoms with Gasteiger partial charge in [0.05, 0.1) is 10.9 Å². The lowest BCUT2D eigenvalue weighted by molar-refractivity contribution is -0.146. The molecule has 20 heavy (non-hydrogen) atoms. The Labute approximate surface area is 117 Å². The molecule has 0 heterocycles.